The first-order valence-corrected chi connectivity index (χ1v) is 6.64. The monoisotopic (exact) mass is 263 g/mol. The minimum absolute atomic E-state index is 0.133. The van der Waals surface area contributed by atoms with E-state index in [0.29, 0.717) is 17.9 Å². The van der Waals surface area contributed by atoms with Crippen LogP contribution in [0.3, 0.4) is 0 Å². The van der Waals surface area contributed by atoms with Gasteiger partial charge in [0.15, 0.2) is 0 Å². The first-order valence-electron chi connectivity index (χ1n) is 6.64. The van der Waals surface area contributed by atoms with Gasteiger partial charge < -0.3 is 21.1 Å². The molecule has 19 heavy (non-hydrogen) atoms. The van der Waals surface area contributed by atoms with Crippen LogP contribution in [0.15, 0.2) is 18.2 Å². The highest BCUT2D eigenvalue weighted by atomic mass is 16.5. The van der Waals surface area contributed by atoms with E-state index in [2.05, 4.69) is 10.6 Å². The molecule has 0 bridgehead atoms. The second-order valence-electron chi connectivity index (χ2n) is 4.83. The Labute approximate surface area is 113 Å². The van der Waals surface area contributed by atoms with Gasteiger partial charge in [-0.05, 0) is 37.0 Å². The fourth-order valence-electron chi connectivity index (χ4n) is 1.80. The van der Waals surface area contributed by atoms with Crippen molar-refractivity contribution >= 4 is 17.3 Å². The van der Waals surface area contributed by atoms with Crippen molar-refractivity contribution in [3.63, 3.8) is 0 Å². The molecule has 5 nitrogen and oxygen atoms in total. The number of hydrogen-bond acceptors (Lipinski definition) is 4. The molecule has 0 aromatic heterocycles. The van der Waals surface area contributed by atoms with Crippen molar-refractivity contribution < 1.29 is 9.53 Å². The molecule has 4 N–H and O–H groups in total. The lowest BCUT2D eigenvalue weighted by molar-refractivity contribution is 0.0963. The molecule has 1 aromatic carbocycles. The Bertz CT molecular complexity index is 444. The lowest BCUT2D eigenvalue weighted by atomic mass is 10.1. The minimum atomic E-state index is -0.133. The number of carbonyl (C=O) groups is 1. The van der Waals surface area contributed by atoms with Crippen LogP contribution in [0.5, 0.6) is 0 Å². The molecule has 0 radical (unpaired) electrons. The maximum absolute atomic E-state index is 11.4. The Morgan fingerprint density at radius 2 is 2.26 bits per heavy atom. The third-order valence-electron chi connectivity index (χ3n) is 3.15. The molecule has 0 aliphatic heterocycles. The van der Waals surface area contributed by atoms with Gasteiger partial charge in [-0.2, -0.15) is 0 Å². The fourth-order valence-corrected chi connectivity index (χ4v) is 1.80. The maximum atomic E-state index is 11.4. The summed E-state index contributed by atoms with van der Waals surface area (Å²) in [6.07, 6.45) is 2.61. The Hall–Kier alpha value is -1.75. The van der Waals surface area contributed by atoms with Crippen molar-refractivity contribution in [2.24, 2.45) is 5.92 Å². The van der Waals surface area contributed by atoms with Crippen LogP contribution < -0.4 is 16.4 Å². The van der Waals surface area contributed by atoms with Crippen molar-refractivity contribution in [3.8, 4) is 0 Å². The average molecular weight is 263 g/mol. The normalized spacial score (nSPS) is 14.2. The Morgan fingerprint density at radius 1 is 1.47 bits per heavy atom. The van der Waals surface area contributed by atoms with Crippen molar-refractivity contribution in [1.29, 1.82) is 0 Å². The third-order valence-corrected chi connectivity index (χ3v) is 3.15. The molecular weight excluding hydrogens is 242 g/mol. The minimum Gasteiger partial charge on any atom is -0.397 e. The Morgan fingerprint density at radius 3 is 2.89 bits per heavy atom. The molecule has 104 valence electrons. The van der Waals surface area contributed by atoms with E-state index < -0.39 is 0 Å². The molecular formula is C14H21N3O2. The lowest BCUT2D eigenvalue weighted by Gasteiger charge is -2.11. The zero-order valence-corrected chi connectivity index (χ0v) is 11.2. The summed E-state index contributed by atoms with van der Waals surface area (Å²) in [6.45, 7) is 2.26. The van der Waals surface area contributed by atoms with Crippen LogP contribution in [0.4, 0.5) is 11.4 Å². The van der Waals surface area contributed by atoms with E-state index in [-0.39, 0.29) is 5.91 Å². The Kier molecular flexibility index (Phi) is 4.63. The van der Waals surface area contributed by atoms with E-state index in [1.807, 2.05) is 6.07 Å². The summed E-state index contributed by atoms with van der Waals surface area (Å²) in [6, 6.07) is 5.25. The molecule has 1 amide bonds. The number of nitrogens with one attached hydrogen (secondary N) is 2. The van der Waals surface area contributed by atoms with Crippen LogP contribution in [0.1, 0.15) is 23.2 Å². The number of nitrogens with two attached hydrogens (primary N) is 1. The quantitative estimate of drug-likeness (QED) is 0.514. The fraction of sp³-hybridized carbons (Fsp3) is 0.500. The van der Waals surface area contributed by atoms with E-state index in [0.717, 1.165) is 24.8 Å². The first-order chi connectivity index (χ1) is 9.20. The second kappa shape index (κ2) is 6.43. The average Bonchev–Trinajstić information content (AvgIpc) is 3.23. The molecule has 1 aromatic rings. The molecule has 1 fully saturated rings. The topological polar surface area (TPSA) is 76.4 Å². The number of nitrogen functional groups attached to an aromatic ring is 1. The van der Waals surface area contributed by atoms with Gasteiger partial charge >= 0.3 is 0 Å². The summed E-state index contributed by atoms with van der Waals surface area (Å²) in [5.41, 5.74) is 7.88. The van der Waals surface area contributed by atoms with Gasteiger partial charge in [0.05, 0.1) is 18.0 Å². The van der Waals surface area contributed by atoms with Crippen molar-refractivity contribution in [3.05, 3.63) is 23.8 Å². The molecule has 0 saturated heterocycles. The number of ether oxygens (including phenoxy) is 1. The van der Waals surface area contributed by atoms with Crippen LogP contribution >= 0.6 is 0 Å². The summed E-state index contributed by atoms with van der Waals surface area (Å²) in [4.78, 5) is 11.4. The maximum Gasteiger partial charge on any atom is 0.251 e. The van der Waals surface area contributed by atoms with Gasteiger partial charge in [0, 0.05) is 25.8 Å². The SMILES string of the molecule is CNC(=O)c1ccc(NCCOCC2CC2)c(N)c1. The van der Waals surface area contributed by atoms with Crippen LogP contribution in [0.2, 0.25) is 0 Å². The van der Waals surface area contributed by atoms with Crippen LogP contribution in [-0.4, -0.2) is 32.7 Å². The van der Waals surface area contributed by atoms with Crippen molar-refractivity contribution in [1.82, 2.24) is 5.32 Å². The highest BCUT2D eigenvalue weighted by molar-refractivity contribution is 5.95. The number of hydrogen-bond donors (Lipinski definition) is 3. The summed E-state index contributed by atoms with van der Waals surface area (Å²) < 4.78 is 5.53. The molecule has 1 aliphatic carbocycles. The molecule has 0 unspecified atom stereocenters. The molecule has 5 heteroatoms. The zero-order valence-electron chi connectivity index (χ0n) is 11.2. The van der Waals surface area contributed by atoms with Gasteiger partial charge in [-0.15, -0.1) is 0 Å². The molecule has 1 aliphatic rings. The number of carbonyl (C=O) groups excluding carboxylic acids is 1. The van der Waals surface area contributed by atoms with E-state index >= 15 is 0 Å². The first kappa shape index (κ1) is 13.7. The summed E-state index contributed by atoms with van der Waals surface area (Å²) >= 11 is 0. The molecule has 2 rings (SSSR count). The van der Waals surface area contributed by atoms with E-state index in [1.165, 1.54) is 12.8 Å². The van der Waals surface area contributed by atoms with E-state index in [9.17, 15) is 4.79 Å². The molecule has 0 heterocycles. The van der Waals surface area contributed by atoms with Gasteiger partial charge in [0.25, 0.3) is 5.91 Å². The highest BCUT2D eigenvalue weighted by Crippen LogP contribution is 2.28. The van der Waals surface area contributed by atoms with Gasteiger partial charge in [-0.1, -0.05) is 0 Å². The van der Waals surface area contributed by atoms with Gasteiger partial charge in [0.2, 0.25) is 0 Å². The zero-order chi connectivity index (χ0) is 13.7. The van der Waals surface area contributed by atoms with Crippen molar-refractivity contribution in [2.45, 2.75) is 12.8 Å². The van der Waals surface area contributed by atoms with Crippen molar-refractivity contribution in [2.75, 3.05) is 37.9 Å². The standard InChI is InChI=1S/C14H21N3O2/c1-16-14(18)11-4-5-13(12(15)8-11)17-6-7-19-9-10-2-3-10/h4-5,8,10,17H,2-3,6-7,9,15H2,1H3,(H,16,18). The van der Waals surface area contributed by atoms with E-state index in [4.69, 9.17) is 10.5 Å². The Balaban J connectivity index is 1.77. The number of amides is 1. The summed E-state index contributed by atoms with van der Waals surface area (Å²) in [5, 5.41) is 5.78. The van der Waals surface area contributed by atoms with Gasteiger partial charge in [0.1, 0.15) is 0 Å². The van der Waals surface area contributed by atoms with Gasteiger partial charge in [-0.25, -0.2) is 0 Å². The summed E-state index contributed by atoms with van der Waals surface area (Å²) in [5.74, 6) is 0.655. The number of benzene rings is 1. The number of rotatable bonds is 7. The number of anilines is 2. The van der Waals surface area contributed by atoms with Crippen LogP contribution in [-0.2, 0) is 4.74 Å². The predicted octanol–water partition coefficient (Wildman–Crippen LogP) is 1.47. The smallest absolute Gasteiger partial charge is 0.251 e. The largest absolute Gasteiger partial charge is 0.397 e. The van der Waals surface area contributed by atoms with Gasteiger partial charge in [-0.3, -0.25) is 4.79 Å². The molecule has 0 spiro atoms. The van der Waals surface area contributed by atoms with E-state index in [1.54, 1.807) is 19.2 Å². The molecule has 0 atom stereocenters. The summed E-state index contributed by atoms with van der Waals surface area (Å²) in [7, 11) is 1.60. The highest BCUT2D eigenvalue weighted by Gasteiger charge is 2.20. The second-order valence-corrected chi connectivity index (χ2v) is 4.83. The van der Waals surface area contributed by atoms with Crippen LogP contribution in [0, 0.1) is 5.92 Å². The third kappa shape index (κ3) is 4.13. The molecule has 1 saturated carbocycles. The van der Waals surface area contributed by atoms with Crippen LogP contribution in [0.25, 0.3) is 0 Å². The predicted molar refractivity (Wildman–Crippen MR) is 76.3 cm³/mol. The lowest BCUT2D eigenvalue weighted by Crippen LogP contribution is -2.18.